The van der Waals surface area contributed by atoms with Gasteiger partial charge in [0.25, 0.3) is 0 Å². The van der Waals surface area contributed by atoms with Crippen LogP contribution in [0.25, 0.3) is 0 Å². The first-order chi connectivity index (χ1) is 9.52. The number of Topliss-reactive ketones (excluding diaryl/α,β-unsaturated/α-hetero) is 1. The van der Waals surface area contributed by atoms with Crippen LogP contribution in [0.1, 0.15) is 64.7 Å². The molecule has 0 saturated carbocycles. The number of esters is 1. The van der Waals surface area contributed by atoms with Gasteiger partial charge in [0.15, 0.2) is 0 Å². The average molecular weight is 285 g/mol. The van der Waals surface area contributed by atoms with E-state index in [1.54, 1.807) is 0 Å². The summed E-state index contributed by atoms with van der Waals surface area (Å²) < 4.78 is 4.97. The van der Waals surface area contributed by atoms with Crippen LogP contribution >= 0.6 is 0 Å². The first kappa shape index (κ1) is 19.1. The van der Waals surface area contributed by atoms with Crippen LogP contribution in [0.3, 0.4) is 0 Å². The fraction of sp³-hybridized carbons (Fsp3) is 0.875. The van der Waals surface area contributed by atoms with E-state index in [0.717, 1.165) is 12.8 Å². The fourth-order valence-corrected chi connectivity index (χ4v) is 2.03. The van der Waals surface area contributed by atoms with Gasteiger partial charge in [0.2, 0.25) is 0 Å². The van der Waals surface area contributed by atoms with Gasteiger partial charge in [-0.3, -0.25) is 9.59 Å². The Bertz CT molecular complexity index is 264. The van der Waals surface area contributed by atoms with E-state index < -0.39 is 5.97 Å². The van der Waals surface area contributed by atoms with Crippen LogP contribution in [0, 0.1) is 0 Å². The summed E-state index contributed by atoms with van der Waals surface area (Å²) >= 11 is 0. The van der Waals surface area contributed by atoms with Crippen molar-refractivity contribution >= 4 is 11.8 Å². The van der Waals surface area contributed by atoms with Crippen LogP contribution in [-0.2, 0) is 14.3 Å². The maximum atomic E-state index is 11.1. The first-order valence-corrected chi connectivity index (χ1v) is 7.82. The molecule has 0 aliphatic rings. The predicted octanol–water partition coefficient (Wildman–Crippen LogP) is 3.19. The molecular weight excluding hydrogens is 254 g/mol. The zero-order chi connectivity index (χ0) is 15.2. The Morgan fingerprint density at radius 2 is 1.35 bits per heavy atom. The Hall–Kier alpha value is -0.900. The lowest BCUT2D eigenvalue weighted by molar-refractivity contribution is -0.145. The summed E-state index contributed by atoms with van der Waals surface area (Å²) in [5, 5.41) is 0. The Labute approximate surface area is 123 Å². The molecule has 0 amide bonds. The van der Waals surface area contributed by atoms with Gasteiger partial charge in [0.1, 0.15) is 12.2 Å². The summed E-state index contributed by atoms with van der Waals surface area (Å²) in [7, 11) is 4.23. The summed E-state index contributed by atoms with van der Waals surface area (Å²) in [5.74, 6) is -0.525. The molecule has 0 unspecified atom stereocenters. The smallest absolute Gasteiger partial charge is 0.313 e. The van der Waals surface area contributed by atoms with Crippen molar-refractivity contribution in [3.8, 4) is 0 Å². The Kier molecular flexibility index (Phi) is 12.5. The van der Waals surface area contributed by atoms with Gasteiger partial charge in [-0.1, -0.05) is 38.5 Å². The third kappa shape index (κ3) is 15.2. The Morgan fingerprint density at radius 3 is 1.85 bits per heavy atom. The number of carbonyl (C=O) groups excluding carboxylic acids is 2. The molecule has 0 heterocycles. The summed E-state index contributed by atoms with van der Waals surface area (Å²) in [6.45, 7) is 3.04. The molecule has 0 atom stereocenters. The highest BCUT2D eigenvalue weighted by Crippen LogP contribution is 2.09. The van der Waals surface area contributed by atoms with E-state index in [1.165, 1.54) is 52.0 Å². The zero-order valence-corrected chi connectivity index (χ0v) is 13.5. The third-order valence-electron chi connectivity index (χ3n) is 3.16. The Balaban J connectivity index is 3.13. The molecule has 0 aliphatic carbocycles. The van der Waals surface area contributed by atoms with Crippen molar-refractivity contribution in [1.29, 1.82) is 0 Å². The van der Waals surface area contributed by atoms with E-state index in [2.05, 4.69) is 19.0 Å². The molecule has 0 radical (unpaired) electrons. The first-order valence-electron chi connectivity index (χ1n) is 7.82. The topological polar surface area (TPSA) is 46.6 Å². The van der Waals surface area contributed by atoms with Crippen LogP contribution in [0.15, 0.2) is 0 Å². The number of ether oxygens (including phenoxy) is 1. The number of ketones is 1. The minimum absolute atomic E-state index is 0.0903. The second kappa shape index (κ2) is 13.1. The lowest BCUT2D eigenvalue weighted by Crippen LogP contribution is -2.12. The molecule has 0 N–H and O–H groups in total. The molecule has 4 nitrogen and oxygen atoms in total. The molecule has 0 rings (SSSR count). The van der Waals surface area contributed by atoms with E-state index in [4.69, 9.17) is 4.74 Å². The Morgan fingerprint density at radius 1 is 0.850 bits per heavy atom. The van der Waals surface area contributed by atoms with Crippen molar-refractivity contribution in [3.63, 3.8) is 0 Å². The second-order valence-electron chi connectivity index (χ2n) is 5.73. The van der Waals surface area contributed by atoms with E-state index in [-0.39, 0.29) is 12.2 Å². The van der Waals surface area contributed by atoms with Crippen LogP contribution in [0.5, 0.6) is 0 Å². The van der Waals surface area contributed by atoms with Gasteiger partial charge in [-0.15, -0.1) is 0 Å². The number of rotatable bonds is 13. The molecule has 0 aromatic carbocycles. The lowest BCUT2D eigenvalue weighted by atomic mass is 10.1. The van der Waals surface area contributed by atoms with Crippen molar-refractivity contribution in [3.05, 3.63) is 0 Å². The molecule has 0 aliphatic heterocycles. The molecule has 0 bridgehead atoms. The molecular formula is C16H31NO3. The molecule has 0 fully saturated rings. The molecule has 0 aromatic rings. The number of hydrogen-bond acceptors (Lipinski definition) is 4. The molecule has 20 heavy (non-hydrogen) atoms. The van der Waals surface area contributed by atoms with Gasteiger partial charge in [-0.05, 0) is 40.4 Å². The monoisotopic (exact) mass is 285 g/mol. The maximum Gasteiger partial charge on any atom is 0.313 e. The van der Waals surface area contributed by atoms with Crippen molar-refractivity contribution in [2.24, 2.45) is 0 Å². The van der Waals surface area contributed by atoms with Gasteiger partial charge in [0.05, 0.1) is 6.61 Å². The normalized spacial score (nSPS) is 10.8. The molecule has 0 aromatic heterocycles. The van der Waals surface area contributed by atoms with Crippen LogP contribution in [-0.4, -0.2) is 43.9 Å². The number of hydrogen-bond donors (Lipinski definition) is 0. The highest BCUT2D eigenvalue weighted by atomic mass is 16.5. The number of unbranched alkanes of at least 4 members (excludes halogenated alkanes) is 7. The quantitative estimate of drug-likeness (QED) is 0.296. The van der Waals surface area contributed by atoms with E-state index in [0.29, 0.717) is 6.61 Å². The summed E-state index contributed by atoms with van der Waals surface area (Å²) in [6.07, 6.45) is 9.63. The molecule has 0 saturated heterocycles. The van der Waals surface area contributed by atoms with E-state index in [1.807, 2.05) is 0 Å². The van der Waals surface area contributed by atoms with Crippen molar-refractivity contribution < 1.29 is 14.3 Å². The minimum Gasteiger partial charge on any atom is -0.465 e. The largest absolute Gasteiger partial charge is 0.465 e. The summed E-state index contributed by atoms with van der Waals surface area (Å²) in [5.41, 5.74) is 0. The summed E-state index contributed by atoms with van der Waals surface area (Å²) in [4.78, 5) is 24.0. The van der Waals surface area contributed by atoms with Crippen LogP contribution in [0.4, 0.5) is 0 Å². The third-order valence-corrected chi connectivity index (χ3v) is 3.16. The van der Waals surface area contributed by atoms with Gasteiger partial charge in [0, 0.05) is 0 Å². The number of nitrogens with zero attached hydrogens (tertiary/aromatic N) is 1. The lowest BCUT2D eigenvalue weighted by Gasteiger charge is -2.08. The zero-order valence-electron chi connectivity index (χ0n) is 13.5. The van der Waals surface area contributed by atoms with Crippen LogP contribution < -0.4 is 0 Å². The van der Waals surface area contributed by atoms with Crippen LogP contribution in [0.2, 0.25) is 0 Å². The van der Waals surface area contributed by atoms with Gasteiger partial charge in [-0.2, -0.15) is 0 Å². The highest BCUT2D eigenvalue weighted by Gasteiger charge is 2.05. The van der Waals surface area contributed by atoms with Crippen molar-refractivity contribution in [2.45, 2.75) is 64.7 Å². The number of carbonyl (C=O) groups is 2. The molecule has 4 heteroatoms. The summed E-state index contributed by atoms with van der Waals surface area (Å²) in [6, 6.07) is 0. The molecule has 118 valence electrons. The average Bonchev–Trinajstić information content (AvgIpc) is 2.34. The van der Waals surface area contributed by atoms with Gasteiger partial charge < -0.3 is 9.64 Å². The maximum absolute atomic E-state index is 11.1. The highest BCUT2D eigenvalue weighted by molar-refractivity contribution is 5.94. The van der Waals surface area contributed by atoms with Crippen molar-refractivity contribution in [1.82, 2.24) is 4.90 Å². The van der Waals surface area contributed by atoms with Gasteiger partial charge >= 0.3 is 5.97 Å². The molecule has 0 spiro atoms. The second-order valence-corrected chi connectivity index (χ2v) is 5.73. The predicted molar refractivity (Wildman–Crippen MR) is 81.7 cm³/mol. The van der Waals surface area contributed by atoms with E-state index >= 15 is 0 Å². The van der Waals surface area contributed by atoms with Gasteiger partial charge in [-0.25, -0.2) is 0 Å². The fourth-order valence-electron chi connectivity index (χ4n) is 2.03. The SMILES string of the molecule is CC(=O)CC(=O)OCCCCCCCCCCN(C)C. The van der Waals surface area contributed by atoms with Crippen molar-refractivity contribution in [2.75, 3.05) is 27.2 Å². The standard InChI is InChI=1S/C16H31NO3/c1-15(18)14-16(19)20-13-11-9-7-5-4-6-8-10-12-17(2)3/h4-14H2,1-3H3. The minimum atomic E-state index is -0.390. The van der Waals surface area contributed by atoms with E-state index in [9.17, 15) is 9.59 Å².